The zero-order valence-electron chi connectivity index (χ0n) is 9.48. The number of hydrogen-bond donors (Lipinski definition) is 1. The second kappa shape index (κ2) is 4.93. The van der Waals surface area contributed by atoms with Crippen molar-refractivity contribution >= 4 is 0 Å². The molecule has 1 heterocycles. The van der Waals surface area contributed by atoms with Gasteiger partial charge in [-0.2, -0.15) is 0 Å². The monoisotopic (exact) mass is 232 g/mol. The molecule has 0 spiro atoms. The number of pyridine rings is 1. The van der Waals surface area contributed by atoms with E-state index in [0.29, 0.717) is 23.6 Å². The molecule has 2 N–H and O–H groups in total. The summed E-state index contributed by atoms with van der Waals surface area (Å²) in [4.78, 5) is 4.15. The Kier molecular flexibility index (Phi) is 3.35. The smallest absolute Gasteiger partial charge is 0.145 e. The lowest BCUT2D eigenvalue weighted by Crippen LogP contribution is -1.99. The van der Waals surface area contributed by atoms with Crippen LogP contribution < -0.4 is 10.5 Å². The molecule has 1 aromatic heterocycles. The highest BCUT2D eigenvalue weighted by Gasteiger charge is 2.11. The van der Waals surface area contributed by atoms with Gasteiger partial charge in [-0.05, 0) is 29.8 Å². The Morgan fingerprint density at radius 3 is 2.88 bits per heavy atom. The summed E-state index contributed by atoms with van der Waals surface area (Å²) in [6, 6.07) is 8.24. The fourth-order valence-electron chi connectivity index (χ4n) is 1.64. The minimum Gasteiger partial charge on any atom is -0.494 e. The minimum atomic E-state index is -0.334. The summed E-state index contributed by atoms with van der Waals surface area (Å²) in [5.74, 6) is 0.208. The largest absolute Gasteiger partial charge is 0.494 e. The summed E-state index contributed by atoms with van der Waals surface area (Å²) >= 11 is 0. The Bertz CT molecular complexity index is 529. The standard InChI is InChI=1S/C13H13FN2O/c1-17-12-3-2-6-16-13(12)10-7-9(8-15)4-5-11(10)14/h2-7H,8,15H2,1H3. The summed E-state index contributed by atoms with van der Waals surface area (Å²) < 4.78 is 18.9. The zero-order valence-corrected chi connectivity index (χ0v) is 9.48. The molecule has 2 aromatic rings. The van der Waals surface area contributed by atoms with Crippen LogP contribution in [0, 0.1) is 5.82 Å². The molecule has 0 bridgehead atoms. The second-order valence-corrected chi connectivity index (χ2v) is 3.57. The first-order chi connectivity index (χ1) is 8.26. The van der Waals surface area contributed by atoms with Gasteiger partial charge in [0.15, 0.2) is 0 Å². The first-order valence-electron chi connectivity index (χ1n) is 5.24. The molecule has 4 heteroatoms. The molecular formula is C13H13FN2O. The summed E-state index contributed by atoms with van der Waals surface area (Å²) in [5.41, 5.74) is 7.30. The third-order valence-corrected chi connectivity index (χ3v) is 2.51. The number of hydrogen-bond acceptors (Lipinski definition) is 3. The average molecular weight is 232 g/mol. The van der Waals surface area contributed by atoms with Gasteiger partial charge in [0.05, 0.1) is 7.11 Å². The number of nitrogens with zero attached hydrogens (tertiary/aromatic N) is 1. The van der Waals surface area contributed by atoms with Crippen molar-refractivity contribution in [3.05, 3.63) is 47.9 Å². The van der Waals surface area contributed by atoms with Crippen molar-refractivity contribution in [2.75, 3.05) is 7.11 Å². The van der Waals surface area contributed by atoms with E-state index in [2.05, 4.69) is 4.98 Å². The molecule has 0 atom stereocenters. The fraction of sp³-hybridized carbons (Fsp3) is 0.154. The van der Waals surface area contributed by atoms with Crippen LogP contribution in [0.5, 0.6) is 5.75 Å². The number of ether oxygens (including phenoxy) is 1. The lowest BCUT2D eigenvalue weighted by atomic mass is 10.1. The van der Waals surface area contributed by atoms with Crippen molar-refractivity contribution in [3.63, 3.8) is 0 Å². The molecule has 0 aliphatic carbocycles. The maximum absolute atomic E-state index is 13.8. The molecule has 0 unspecified atom stereocenters. The van der Waals surface area contributed by atoms with Gasteiger partial charge in [-0.3, -0.25) is 4.98 Å². The van der Waals surface area contributed by atoms with E-state index in [1.165, 1.54) is 13.2 Å². The lowest BCUT2D eigenvalue weighted by Gasteiger charge is -2.09. The van der Waals surface area contributed by atoms with Gasteiger partial charge in [0.2, 0.25) is 0 Å². The van der Waals surface area contributed by atoms with Crippen molar-refractivity contribution in [1.82, 2.24) is 4.98 Å². The predicted octanol–water partition coefficient (Wildman–Crippen LogP) is 2.36. The van der Waals surface area contributed by atoms with E-state index in [1.54, 1.807) is 30.5 Å². The fourth-order valence-corrected chi connectivity index (χ4v) is 1.64. The minimum absolute atomic E-state index is 0.334. The molecule has 0 aliphatic rings. The molecule has 0 aliphatic heterocycles. The summed E-state index contributed by atoms with van der Waals surface area (Å²) in [7, 11) is 1.53. The van der Waals surface area contributed by atoms with Crippen molar-refractivity contribution in [1.29, 1.82) is 0 Å². The van der Waals surface area contributed by atoms with Crippen LogP contribution in [0.4, 0.5) is 4.39 Å². The van der Waals surface area contributed by atoms with E-state index in [4.69, 9.17) is 10.5 Å². The molecule has 0 amide bonds. The van der Waals surface area contributed by atoms with E-state index in [-0.39, 0.29) is 5.82 Å². The van der Waals surface area contributed by atoms with Crippen molar-refractivity contribution in [2.24, 2.45) is 5.73 Å². The zero-order chi connectivity index (χ0) is 12.3. The van der Waals surface area contributed by atoms with Crippen LogP contribution in [0.3, 0.4) is 0 Å². The van der Waals surface area contributed by atoms with E-state index in [1.807, 2.05) is 0 Å². The van der Waals surface area contributed by atoms with Gasteiger partial charge >= 0.3 is 0 Å². The Balaban J connectivity index is 2.59. The van der Waals surface area contributed by atoms with Crippen molar-refractivity contribution < 1.29 is 9.13 Å². The Hall–Kier alpha value is -1.94. The number of methoxy groups -OCH3 is 1. The lowest BCUT2D eigenvalue weighted by molar-refractivity contribution is 0.414. The molecular weight excluding hydrogens is 219 g/mol. The number of rotatable bonds is 3. The topological polar surface area (TPSA) is 48.1 Å². The highest BCUT2D eigenvalue weighted by molar-refractivity contribution is 5.67. The maximum atomic E-state index is 13.8. The Labute approximate surface area is 99.1 Å². The molecule has 0 fully saturated rings. The van der Waals surface area contributed by atoms with Gasteiger partial charge in [-0.25, -0.2) is 4.39 Å². The summed E-state index contributed by atoms with van der Waals surface area (Å²) in [5, 5.41) is 0. The molecule has 3 nitrogen and oxygen atoms in total. The third-order valence-electron chi connectivity index (χ3n) is 2.51. The molecule has 0 saturated carbocycles. The molecule has 0 radical (unpaired) electrons. The van der Waals surface area contributed by atoms with Crippen LogP contribution in [0.15, 0.2) is 36.5 Å². The third kappa shape index (κ3) is 2.26. The van der Waals surface area contributed by atoms with Gasteiger partial charge in [0.1, 0.15) is 17.3 Å². The molecule has 0 saturated heterocycles. The van der Waals surface area contributed by atoms with Crippen LogP contribution in [-0.4, -0.2) is 12.1 Å². The molecule has 88 valence electrons. The van der Waals surface area contributed by atoms with Crippen LogP contribution >= 0.6 is 0 Å². The first-order valence-corrected chi connectivity index (χ1v) is 5.24. The van der Waals surface area contributed by atoms with E-state index < -0.39 is 0 Å². The van der Waals surface area contributed by atoms with E-state index >= 15 is 0 Å². The van der Waals surface area contributed by atoms with E-state index in [0.717, 1.165) is 5.56 Å². The second-order valence-electron chi connectivity index (χ2n) is 3.57. The molecule has 2 rings (SSSR count). The predicted molar refractivity (Wildman–Crippen MR) is 64.1 cm³/mol. The number of nitrogens with two attached hydrogens (primary N) is 1. The van der Waals surface area contributed by atoms with Gasteiger partial charge in [0, 0.05) is 18.3 Å². The number of benzene rings is 1. The van der Waals surface area contributed by atoms with E-state index in [9.17, 15) is 4.39 Å². The van der Waals surface area contributed by atoms with Gasteiger partial charge in [0.25, 0.3) is 0 Å². The van der Waals surface area contributed by atoms with Crippen LogP contribution in [-0.2, 0) is 6.54 Å². The number of halogens is 1. The Morgan fingerprint density at radius 2 is 2.18 bits per heavy atom. The maximum Gasteiger partial charge on any atom is 0.145 e. The first kappa shape index (κ1) is 11.5. The highest BCUT2D eigenvalue weighted by Crippen LogP contribution is 2.29. The van der Waals surface area contributed by atoms with Gasteiger partial charge in [-0.1, -0.05) is 6.07 Å². The van der Waals surface area contributed by atoms with Crippen molar-refractivity contribution in [2.45, 2.75) is 6.54 Å². The average Bonchev–Trinajstić information content (AvgIpc) is 2.39. The van der Waals surface area contributed by atoms with Crippen molar-refractivity contribution in [3.8, 4) is 17.0 Å². The molecule has 1 aromatic carbocycles. The summed E-state index contributed by atoms with van der Waals surface area (Å²) in [6.45, 7) is 0.364. The SMILES string of the molecule is COc1cccnc1-c1cc(CN)ccc1F. The quantitative estimate of drug-likeness (QED) is 0.883. The molecule has 17 heavy (non-hydrogen) atoms. The highest BCUT2D eigenvalue weighted by atomic mass is 19.1. The van der Waals surface area contributed by atoms with Crippen LogP contribution in [0.2, 0.25) is 0 Å². The van der Waals surface area contributed by atoms with Crippen LogP contribution in [0.1, 0.15) is 5.56 Å². The van der Waals surface area contributed by atoms with Gasteiger partial charge < -0.3 is 10.5 Å². The number of aromatic nitrogens is 1. The van der Waals surface area contributed by atoms with Gasteiger partial charge in [-0.15, -0.1) is 0 Å². The summed E-state index contributed by atoms with van der Waals surface area (Å²) in [6.07, 6.45) is 1.60. The van der Waals surface area contributed by atoms with Crippen LogP contribution in [0.25, 0.3) is 11.3 Å². The Morgan fingerprint density at radius 1 is 1.35 bits per heavy atom. The normalized spacial score (nSPS) is 10.3.